The number of non-ortho nitro benzene ring substituents is 1. The predicted molar refractivity (Wildman–Crippen MR) is 81.8 cm³/mol. The Morgan fingerprint density at radius 1 is 1.26 bits per heavy atom. The van der Waals surface area contributed by atoms with Crippen LogP contribution in [-0.2, 0) is 0 Å². The monoisotopic (exact) mass is 316 g/mol. The predicted octanol–water partition coefficient (Wildman–Crippen LogP) is 1.53. The van der Waals surface area contributed by atoms with E-state index in [9.17, 15) is 15.2 Å². The van der Waals surface area contributed by atoms with Crippen LogP contribution in [0.2, 0.25) is 0 Å². The molecule has 0 saturated heterocycles. The first-order valence-electron chi connectivity index (χ1n) is 6.55. The Labute approximate surface area is 131 Å². The first kappa shape index (κ1) is 16.1. The van der Waals surface area contributed by atoms with Crippen molar-refractivity contribution in [3.63, 3.8) is 0 Å². The molecule has 0 atom stereocenters. The molecular weight excluding hydrogens is 302 g/mol. The first-order chi connectivity index (χ1) is 10.9. The van der Waals surface area contributed by atoms with Gasteiger partial charge in [-0.25, -0.2) is 15.4 Å². The summed E-state index contributed by atoms with van der Waals surface area (Å²) in [5.41, 5.74) is 3.87. The van der Waals surface area contributed by atoms with Gasteiger partial charge in [0.25, 0.3) is 5.69 Å². The fourth-order valence-electron chi connectivity index (χ4n) is 1.90. The van der Waals surface area contributed by atoms with Gasteiger partial charge in [0.05, 0.1) is 24.3 Å². The number of nitro groups is 1. The number of methoxy groups -OCH3 is 1. The highest BCUT2D eigenvalue weighted by Crippen LogP contribution is 2.31. The molecule has 1 heterocycles. The van der Waals surface area contributed by atoms with Crippen molar-refractivity contribution in [2.45, 2.75) is 13.8 Å². The van der Waals surface area contributed by atoms with Crippen LogP contribution in [0.25, 0.3) is 0 Å². The van der Waals surface area contributed by atoms with Crippen LogP contribution in [0.1, 0.15) is 17.0 Å². The van der Waals surface area contributed by atoms with Crippen molar-refractivity contribution in [3.8, 4) is 11.5 Å². The van der Waals surface area contributed by atoms with Crippen LogP contribution in [0.15, 0.2) is 23.3 Å². The van der Waals surface area contributed by atoms with Crippen molar-refractivity contribution in [1.82, 2.24) is 9.97 Å². The molecular formula is C14H14N5O4-. The topological polar surface area (TPSA) is 126 Å². The molecule has 1 N–H and O–H groups in total. The lowest BCUT2D eigenvalue weighted by molar-refractivity contribution is -0.385. The second-order valence-electron chi connectivity index (χ2n) is 4.67. The van der Waals surface area contributed by atoms with E-state index in [1.807, 2.05) is 13.8 Å². The zero-order chi connectivity index (χ0) is 17.0. The van der Waals surface area contributed by atoms with Gasteiger partial charge in [-0.05, 0) is 25.5 Å². The lowest BCUT2D eigenvalue weighted by atomic mass is 10.2. The van der Waals surface area contributed by atoms with Crippen LogP contribution in [0.5, 0.6) is 11.5 Å². The molecule has 2 rings (SSSR count). The van der Waals surface area contributed by atoms with Gasteiger partial charge in [0.1, 0.15) is 5.75 Å². The maximum absolute atomic E-state index is 12.0. The summed E-state index contributed by atoms with van der Waals surface area (Å²) in [6, 6.07) is 3.99. The third-order valence-electron chi connectivity index (χ3n) is 2.85. The van der Waals surface area contributed by atoms with Gasteiger partial charge in [-0.15, -0.1) is 0 Å². The van der Waals surface area contributed by atoms with E-state index in [0.29, 0.717) is 0 Å². The molecule has 0 fully saturated rings. The van der Waals surface area contributed by atoms with Crippen molar-refractivity contribution in [2.24, 2.45) is 5.10 Å². The summed E-state index contributed by atoms with van der Waals surface area (Å²) < 4.78 is 4.85. The van der Waals surface area contributed by atoms with Gasteiger partial charge in [0, 0.05) is 17.5 Å². The van der Waals surface area contributed by atoms with Crippen molar-refractivity contribution < 1.29 is 14.8 Å². The zero-order valence-corrected chi connectivity index (χ0v) is 12.7. The number of rotatable bonds is 5. The van der Waals surface area contributed by atoms with E-state index < -0.39 is 10.7 Å². The van der Waals surface area contributed by atoms with E-state index in [2.05, 4.69) is 20.5 Å². The smallest absolute Gasteiger partial charge is 0.273 e. The fourth-order valence-corrected chi connectivity index (χ4v) is 1.90. The molecule has 0 bridgehead atoms. The molecule has 0 aliphatic carbocycles. The van der Waals surface area contributed by atoms with Crippen LogP contribution in [-0.4, -0.2) is 28.2 Å². The molecule has 1 aromatic heterocycles. The summed E-state index contributed by atoms with van der Waals surface area (Å²) in [5, 5.41) is 26.8. The molecule has 0 aliphatic rings. The van der Waals surface area contributed by atoms with Crippen molar-refractivity contribution in [1.29, 1.82) is 0 Å². The van der Waals surface area contributed by atoms with Gasteiger partial charge in [0.15, 0.2) is 0 Å². The Kier molecular flexibility index (Phi) is 4.69. The third kappa shape index (κ3) is 3.90. The van der Waals surface area contributed by atoms with Gasteiger partial charge < -0.3 is 9.84 Å². The van der Waals surface area contributed by atoms with Crippen LogP contribution >= 0.6 is 0 Å². The van der Waals surface area contributed by atoms with Crippen molar-refractivity contribution >= 4 is 17.9 Å². The molecule has 0 spiro atoms. The average Bonchev–Trinajstić information content (AvgIpc) is 2.47. The summed E-state index contributed by atoms with van der Waals surface area (Å²) in [5.74, 6) is -0.350. The lowest BCUT2D eigenvalue weighted by Gasteiger charge is -2.14. The maximum atomic E-state index is 12.0. The molecule has 23 heavy (non-hydrogen) atoms. The Bertz CT molecular complexity index is 756. The van der Waals surface area contributed by atoms with Crippen LogP contribution < -0.4 is 15.3 Å². The summed E-state index contributed by atoms with van der Waals surface area (Å²) in [6.45, 7) is 3.62. The van der Waals surface area contributed by atoms with Gasteiger partial charge in [-0.2, -0.15) is 5.10 Å². The average molecular weight is 316 g/mol. The number of ether oxygens (including phenoxy) is 1. The Morgan fingerprint density at radius 2 is 1.91 bits per heavy atom. The van der Waals surface area contributed by atoms with Crippen molar-refractivity contribution in [3.05, 3.63) is 45.3 Å². The van der Waals surface area contributed by atoms with E-state index in [1.165, 1.54) is 13.3 Å². The maximum Gasteiger partial charge on any atom is 0.273 e. The molecule has 1 aromatic carbocycles. The quantitative estimate of drug-likeness (QED) is 0.503. The number of nitrogens with one attached hydrogen (secondary N) is 1. The molecule has 0 radical (unpaired) electrons. The van der Waals surface area contributed by atoms with E-state index in [-0.39, 0.29) is 22.9 Å². The van der Waals surface area contributed by atoms with Crippen molar-refractivity contribution in [2.75, 3.05) is 12.5 Å². The van der Waals surface area contributed by atoms with Gasteiger partial charge >= 0.3 is 0 Å². The van der Waals surface area contributed by atoms with Gasteiger partial charge in [0.2, 0.25) is 5.95 Å². The summed E-state index contributed by atoms with van der Waals surface area (Å²) in [7, 11) is 1.27. The van der Waals surface area contributed by atoms with E-state index >= 15 is 0 Å². The largest absolute Gasteiger partial charge is 0.870 e. The minimum Gasteiger partial charge on any atom is -0.870 e. The van der Waals surface area contributed by atoms with Gasteiger partial charge in [-0.1, -0.05) is 5.75 Å². The second kappa shape index (κ2) is 6.69. The zero-order valence-electron chi connectivity index (χ0n) is 12.7. The molecule has 0 amide bonds. The Hall–Kier alpha value is -3.23. The summed E-state index contributed by atoms with van der Waals surface area (Å²) >= 11 is 0. The minimum atomic E-state index is -0.611. The third-order valence-corrected chi connectivity index (χ3v) is 2.85. The van der Waals surface area contributed by atoms with Crippen LogP contribution in [0.4, 0.5) is 11.6 Å². The number of nitro benzene ring substituents is 1. The number of aromatic nitrogens is 2. The molecule has 9 heteroatoms. The molecule has 0 saturated carbocycles. The number of anilines is 1. The first-order valence-corrected chi connectivity index (χ1v) is 6.55. The highest BCUT2D eigenvalue weighted by atomic mass is 16.6. The number of hydrazone groups is 1. The molecule has 9 nitrogen and oxygen atoms in total. The number of benzene rings is 1. The SMILES string of the molecule is COc1cc([N+](=O)[O-])cc(/C=N\Nc2nc(C)cc(C)n2)c1[O-]. The van der Waals surface area contributed by atoms with E-state index in [0.717, 1.165) is 23.5 Å². The summed E-state index contributed by atoms with van der Waals surface area (Å²) in [6.07, 6.45) is 1.17. The second-order valence-corrected chi connectivity index (χ2v) is 4.67. The molecule has 0 unspecified atom stereocenters. The number of hydrogen-bond donors (Lipinski definition) is 1. The number of hydrogen-bond acceptors (Lipinski definition) is 8. The highest BCUT2D eigenvalue weighted by molar-refractivity contribution is 5.86. The van der Waals surface area contributed by atoms with Crippen LogP contribution in [0, 0.1) is 24.0 Å². The summed E-state index contributed by atoms with van der Waals surface area (Å²) in [4.78, 5) is 18.5. The fraction of sp³-hybridized carbons (Fsp3) is 0.214. The normalized spacial score (nSPS) is 10.7. The Balaban J connectivity index is 2.28. The van der Waals surface area contributed by atoms with Gasteiger partial charge in [-0.3, -0.25) is 10.1 Å². The van der Waals surface area contributed by atoms with E-state index in [4.69, 9.17) is 4.74 Å². The highest BCUT2D eigenvalue weighted by Gasteiger charge is 2.11. The van der Waals surface area contributed by atoms with Crippen LogP contribution in [0.3, 0.4) is 0 Å². The Morgan fingerprint density at radius 3 is 2.48 bits per heavy atom. The number of nitrogens with zero attached hydrogens (tertiary/aromatic N) is 4. The van der Waals surface area contributed by atoms with E-state index in [1.54, 1.807) is 6.07 Å². The molecule has 0 aliphatic heterocycles. The molecule has 2 aromatic rings. The number of aryl methyl sites for hydroxylation is 2. The molecule has 120 valence electrons. The minimum absolute atomic E-state index is 0.0212. The standard InChI is InChI=1S/C14H15N5O4/c1-8-4-9(2)17-14(16-8)18-15-7-10-5-11(19(21)22)6-12(23-3)13(10)20/h4-7,20H,1-3H3,(H,16,17,18)/p-1/b15-7-. The lowest BCUT2D eigenvalue weighted by Crippen LogP contribution is -2.04.